The molecule has 1 aromatic carbocycles. The average Bonchev–Trinajstić information content (AvgIpc) is 2.58. The highest BCUT2D eigenvalue weighted by Crippen LogP contribution is 2.27. The third-order valence-electron chi connectivity index (χ3n) is 2.15. The van der Waals surface area contributed by atoms with Crippen LogP contribution in [-0.2, 0) is 0 Å². The first-order chi connectivity index (χ1) is 7.13. The Morgan fingerprint density at radius 2 is 2.00 bits per heavy atom. The van der Waals surface area contributed by atoms with Crippen LogP contribution in [0.3, 0.4) is 0 Å². The van der Waals surface area contributed by atoms with Crippen LogP contribution < -0.4 is 4.74 Å². The van der Waals surface area contributed by atoms with E-state index in [1.54, 1.807) is 31.4 Å². The van der Waals surface area contributed by atoms with Crippen molar-refractivity contribution in [1.82, 2.24) is 0 Å². The molecule has 1 atom stereocenters. The van der Waals surface area contributed by atoms with Crippen LogP contribution in [0.2, 0.25) is 0 Å². The van der Waals surface area contributed by atoms with Crippen molar-refractivity contribution in [3.8, 4) is 5.75 Å². The maximum atomic E-state index is 11.4. The molecule has 1 unspecified atom stereocenters. The van der Waals surface area contributed by atoms with Crippen molar-refractivity contribution < 1.29 is 14.8 Å². The second-order valence-electron chi connectivity index (χ2n) is 3.13. The zero-order chi connectivity index (χ0) is 10.9. The van der Waals surface area contributed by atoms with Crippen LogP contribution >= 0.6 is 0 Å². The predicted molar refractivity (Wildman–Crippen MR) is 54.9 cm³/mol. The highest BCUT2D eigenvalue weighted by atomic mass is 16.8. The first kappa shape index (κ1) is 9.85. The van der Waals surface area contributed by atoms with Crippen molar-refractivity contribution in [3.63, 3.8) is 0 Å². The van der Waals surface area contributed by atoms with Crippen LogP contribution in [0.15, 0.2) is 35.5 Å². The second kappa shape index (κ2) is 3.47. The minimum atomic E-state index is -1.56. The zero-order valence-corrected chi connectivity index (χ0v) is 8.12. The van der Waals surface area contributed by atoms with Crippen molar-refractivity contribution in [3.05, 3.63) is 41.2 Å². The van der Waals surface area contributed by atoms with E-state index >= 15 is 0 Å². The molecule has 0 bridgehead atoms. The van der Waals surface area contributed by atoms with Crippen molar-refractivity contribution in [1.29, 1.82) is 0 Å². The Balaban J connectivity index is 2.32. The Labute approximate surface area is 86.7 Å². The molecule has 1 heterocycles. The van der Waals surface area contributed by atoms with Gasteiger partial charge in [0.2, 0.25) is 6.34 Å². The van der Waals surface area contributed by atoms with Gasteiger partial charge in [0.25, 0.3) is 0 Å². The molecule has 0 radical (unpaired) electrons. The fourth-order valence-corrected chi connectivity index (χ4v) is 1.36. The molecular weight excluding hydrogens is 196 g/mol. The van der Waals surface area contributed by atoms with Crippen molar-refractivity contribution >= 4 is 12.0 Å². The smallest absolute Gasteiger partial charge is 0.228 e. The van der Waals surface area contributed by atoms with E-state index in [4.69, 9.17) is 4.74 Å². The van der Waals surface area contributed by atoms with E-state index in [1.165, 1.54) is 6.20 Å². The minimum absolute atomic E-state index is 0.192. The van der Waals surface area contributed by atoms with Crippen LogP contribution in [0.4, 0.5) is 0 Å². The SMILES string of the molecule is COc1ccc(C2=CN=C[N+]2([O-])O)cc1. The summed E-state index contributed by atoms with van der Waals surface area (Å²) >= 11 is 0. The van der Waals surface area contributed by atoms with Crippen LogP contribution in [0.5, 0.6) is 5.75 Å². The molecule has 5 nitrogen and oxygen atoms in total. The molecule has 0 spiro atoms. The van der Waals surface area contributed by atoms with Crippen molar-refractivity contribution in [2.45, 2.75) is 0 Å². The minimum Gasteiger partial charge on any atom is -0.587 e. The summed E-state index contributed by atoms with van der Waals surface area (Å²) in [6, 6.07) is 6.82. The van der Waals surface area contributed by atoms with Gasteiger partial charge in [-0.1, -0.05) is 0 Å². The molecule has 1 aromatic rings. The molecule has 0 aromatic heterocycles. The molecule has 1 aliphatic heterocycles. The van der Waals surface area contributed by atoms with Crippen LogP contribution in [0, 0.1) is 5.21 Å². The quantitative estimate of drug-likeness (QED) is 0.592. The largest absolute Gasteiger partial charge is 0.587 e. The number of methoxy groups -OCH3 is 1. The summed E-state index contributed by atoms with van der Waals surface area (Å²) in [5, 5.41) is 20.8. The van der Waals surface area contributed by atoms with Crippen molar-refractivity contribution in [2.75, 3.05) is 7.11 Å². The van der Waals surface area contributed by atoms with Crippen LogP contribution in [0.25, 0.3) is 5.70 Å². The number of hydrogen-bond acceptors (Lipinski definition) is 4. The Morgan fingerprint density at radius 1 is 1.33 bits per heavy atom. The van der Waals surface area contributed by atoms with Gasteiger partial charge in [0.1, 0.15) is 5.75 Å². The standard InChI is InChI=1S/C10H10N2O3/c1-15-9-4-2-8(3-5-9)10-6-11-7-12(10,13)14/h2-7,13H,1H3. The Hall–Kier alpha value is -1.69. The van der Waals surface area contributed by atoms with Crippen LogP contribution in [-0.4, -0.2) is 23.5 Å². The molecule has 2 rings (SSSR count). The predicted octanol–water partition coefficient (Wildman–Crippen LogP) is 1.74. The molecule has 0 saturated carbocycles. The van der Waals surface area contributed by atoms with Gasteiger partial charge in [-0.25, -0.2) is 10.2 Å². The van der Waals surface area contributed by atoms with E-state index in [-0.39, 0.29) is 5.70 Å². The maximum Gasteiger partial charge on any atom is 0.228 e. The third-order valence-corrected chi connectivity index (χ3v) is 2.15. The van der Waals surface area contributed by atoms with Crippen molar-refractivity contribution in [2.24, 2.45) is 4.99 Å². The normalized spacial score (nSPS) is 24.1. The van der Waals surface area contributed by atoms with Gasteiger partial charge >= 0.3 is 0 Å². The lowest BCUT2D eigenvalue weighted by Crippen LogP contribution is -2.31. The molecule has 1 N–H and O–H groups in total. The van der Waals surface area contributed by atoms with Gasteiger partial charge in [0.05, 0.1) is 13.3 Å². The number of benzene rings is 1. The maximum absolute atomic E-state index is 11.4. The fraction of sp³-hybridized carbons (Fsp3) is 0.100. The number of rotatable bonds is 2. The lowest BCUT2D eigenvalue weighted by atomic mass is 10.1. The molecule has 5 heteroatoms. The molecule has 15 heavy (non-hydrogen) atoms. The molecule has 0 amide bonds. The number of quaternary nitrogens is 1. The lowest BCUT2D eigenvalue weighted by Gasteiger charge is -2.26. The number of nitrogens with zero attached hydrogens (tertiary/aromatic N) is 2. The summed E-state index contributed by atoms with van der Waals surface area (Å²) in [5.74, 6) is 0.695. The van der Waals surface area contributed by atoms with Gasteiger partial charge in [-0.2, -0.15) is 0 Å². The second-order valence-corrected chi connectivity index (χ2v) is 3.13. The summed E-state index contributed by atoms with van der Waals surface area (Å²) < 4.78 is 4.99. The molecular formula is C10H10N2O3. The van der Waals surface area contributed by atoms with E-state index < -0.39 is 4.81 Å². The van der Waals surface area contributed by atoms with E-state index in [0.29, 0.717) is 11.3 Å². The molecule has 0 aliphatic carbocycles. The summed E-state index contributed by atoms with van der Waals surface area (Å²) in [6.07, 6.45) is 2.26. The van der Waals surface area contributed by atoms with Gasteiger partial charge in [0.15, 0.2) is 5.70 Å². The van der Waals surface area contributed by atoms with Gasteiger partial charge in [0, 0.05) is 5.56 Å². The van der Waals surface area contributed by atoms with Gasteiger partial charge in [-0.3, -0.25) is 0 Å². The van der Waals surface area contributed by atoms with Gasteiger partial charge < -0.3 is 9.94 Å². The average molecular weight is 206 g/mol. The highest BCUT2D eigenvalue weighted by Gasteiger charge is 2.25. The molecule has 1 aliphatic rings. The number of aliphatic imine (C=N–C) groups is 1. The van der Waals surface area contributed by atoms with Gasteiger partial charge in [-0.15, -0.1) is 4.81 Å². The summed E-state index contributed by atoms with van der Waals surface area (Å²) in [7, 11) is 1.56. The van der Waals surface area contributed by atoms with E-state index in [9.17, 15) is 10.4 Å². The molecule has 0 saturated heterocycles. The monoisotopic (exact) mass is 206 g/mol. The fourth-order valence-electron chi connectivity index (χ4n) is 1.36. The number of ether oxygens (including phenoxy) is 1. The van der Waals surface area contributed by atoms with E-state index in [1.807, 2.05) is 0 Å². The molecule has 0 fully saturated rings. The number of hydrogen-bond donors (Lipinski definition) is 1. The third kappa shape index (κ3) is 1.75. The lowest BCUT2D eigenvalue weighted by molar-refractivity contribution is -0.921. The first-order valence-corrected chi connectivity index (χ1v) is 4.35. The van der Waals surface area contributed by atoms with Gasteiger partial charge in [-0.05, 0) is 24.3 Å². The number of hydroxylamine groups is 4. The summed E-state index contributed by atoms with van der Waals surface area (Å²) in [6.45, 7) is 0. The Kier molecular flexibility index (Phi) is 2.28. The summed E-state index contributed by atoms with van der Waals surface area (Å²) in [5.41, 5.74) is 0.809. The molecule has 78 valence electrons. The topological polar surface area (TPSA) is 64.9 Å². The Bertz CT molecular complexity index is 421. The van der Waals surface area contributed by atoms with Crippen LogP contribution in [0.1, 0.15) is 5.56 Å². The summed E-state index contributed by atoms with van der Waals surface area (Å²) in [4.78, 5) is 2.06. The zero-order valence-electron chi connectivity index (χ0n) is 8.12. The first-order valence-electron chi connectivity index (χ1n) is 4.35. The highest BCUT2D eigenvalue weighted by molar-refractivity contribution is 5.71. The van der Waals surface area contributed by atoms with E-state index in [2.05, 4.69) is 4.99 Å². The Morgan fingerprint density at radius 3 is 2.47 bits per heavy atom. The van der Waals surface area contributed by atoms with E-state index in [0.717, 1.165) is 6.34 Å².